The van der Waals surface area contributed by atoms with Crippen LogP contribution in [0, 0.1) is 0 Å². The zero-order chi connectivity index (χ0) is 14.8. The first-order valence-corrected chi connectivity index (χ1v) is 6.93. The van der Waals surface area contributed by atoms with Gasteiger partial charge in [-0.1, -0.05) is 0 Å². The second-order valence-corrected chi connectivity index (χ2v) is 4.66. The van der Waals surface area contributed by atoms with E-state index in [1.54, 1.807) is 20.3 Å². The van der Waals surface area contributed by atoms with Gasteiger partial charge in [0.05, 0.1) is 20.1 Å². The van der Waals surface area contributed by atoms with Crippen molar-refractivity contribution in [2.75, 3.05) is 14.2 Å². The summed E-state index contributed by atoms with van der Waals surface area (Å²) in [5, 5.41) is 0. The molecule has 21 heavy (non-hydrogen) atoms. The molecule has 0 spiro atoms. The highest BCUT2D eigenvalue weighted by Gasteiger charge is 2.14. The van der Waals surface area contributed by atoms with E-state index < -0.39 is 0 Å². The highest BCUT2D eigenvalue weighted by atomic mass is 35.5. The molecule has 0 bridgehead atoms. The number of pyridine rings is 1. The minimum Gasteiger partial charge on any atom is -0.497 e. The van der Waals surface area contributed by atoms with Crippen molar-refractivity contribution >= 4 is 22.8 Å². The molecule has 0 saturated heterocycles. The number of methoxy groups -OCH3 is 2. The van der Waals surface area contributed by atoms with Crippen LogP contribution in [0.2, 0.25) is 0 Å². The van der Waals surface area contributed by atoms with Crippen LogP contribution in [0.1, 0.15) is 5.82 Å². The summed E-state index contributed by atoms with van der Waals surface area (Å²) in [5.74, 6) is 2.36. The standard InChI is InChI=1S/C15H14ClN3O2/c1-20-11-5-3-10(4-6-11)19-13(9-16)17-12-7-8-14(21-2)18-15(12)19/h3-8H,9H2,1-2H3. The molecule has 6 heteroatoms. The summed E-state index contributed by atoms with van der Waals surface area (Å²) in [6.45, 7) is 0. The third-order valence-electron chi connectivity index (χ3n) is 3.21. The Morgan fingerprint density at radius 1 is 1.00 bits per heavy atom. The maximum atomic E-state index is 6.02. The first-order chi connectivity index (χ1) is 10.3. The van der Waals surface area contributed by atoms with Gasteiger partial charge in [0.1, 0.15) is 17.1 Å². The average Bonchev–Trinajstić information content (AvgIpc) is 2.92. The molecular formula is C15H14ClN3O2. The maximum Gasteiger partial charge on any atom is 0.215 e. The smallest absolute Gasteiger partial charge is 0.215 e. The largest absolute Gasteiger partial charge is 0.497 e. The van der Waals surface area contributed by atoms with E-state index in [2.05, 4.69) is 9.97 Å². The van der Waals surface area contributed by atoms with Crippen LogP contribution >= 0.6 is 11.6 Å². The molecule has 2 aromatic heterocycles. The van der Waals surface area contributed by atoms with E-state index in [-0.39, 0.29) is 0 Å². The number of imidazole rings is 1. The number of hydrogen-bond acceptors (Lipinski definition) is 4. The number of rotatable bonds is 4. The average molecular weight is 304 g/mol. The van der Waals surface area contributed by atoms with Crippen molar-refractivity contribution in [3.63, 3.8) is 0 Å². The first kappa shape index (κ1) is 13.7. The van der Waals surface area contributed by atoms with E-state index in [4.69, 9.17) is 21.1 Å². The number of ether oxygens (including phenoxy) is 2. The number of halogens is 1. The molecule has 0 saturated carbocycles. The number of alkyl halides is 1. The Kier molecular flexibility index (Phi) is 3.66. The van der Waals surface area contributed by atoms with Gasteiger partial charge < -0.3 is 9.47 Å². The third-order valence-corrected chi connectivity index (χ3v) is 3.45. The SMILES string of the molecule is COc1ccc(-n2c(CCl)nc3ccc(OC)nc32)cc1. The van der Waals surface area contributed by atoms with Crippen LogP contribution in [0.15, 0.2) is 36.4 Å². The van der Waals surface area contributed by atoms with Gasteiger partial charge in [0.25, 0.3) is 0 Å². The molecule has 3 rings (SSSR count). The van der Waals surface area contributed by atoms with Crippen molar-refractivity contribution in [3.8, 4) is 17.3 Å². The molecule has 0 fully saturated rings. The second-order valence-electron chi connectivity index (χ2n) is 4.39. The van der Waals surface area contributed by atoms with Gasteiger partial charge in [-0.2, -0.15) is 4.98 Å². The second kappa shape index (κ2) is 5.61. The Morgan fingerprint density at radius 3 is 2.38 bits per heavy atom. The van der Waals surface area contributed by atoms with Crippen molar-refractivity contribution in [1.29, 1.82) is 0 Å². The monoisotopic (exact) mass is 303 g/mol. The van der Waals surface area contributed by atoms with Crippen LogP contribution in [0.25, 0.3) is 16.9 Å². The van der Waals surface area contributed by atoms with Crippen LogP contribution in [-0.2, 0) is 5.88 Å². The normalized spacial score (nSPS) is 10.8. The Balaban J connectivity index is 2.22. The lowest BCUT2D eigenvalue weighted by molar-refractivity contribution is 0.399. The van der Waals surface area contributed by atoms with Crippen molar-refractivity contribution in [1.82, 2.24) is 14.5 Å². The molecule has 0 aliphatic carbocycles. The molecule has 0 atom stereocenters. The van der Waals surface area contributed by atoms with E-state index >= 15 is 0 Å². The summed E-state index contributed by atoms with van der Waals surface area (Å²) < 4.78 is 12.3. The molecule has 108 valence electrons. The van der Waals surface area contributed by atoms with Crippen LogP contribution < -0.4 is 9.47 Å². The van der Waals surface area contributed by atoms with Crippen LogP contribution in [-0.4, -0.2) is 28.8 Å². The van der Waals surface area contributed by atoms with Gasteiger partial charge >= 0.3 is 0 Å². The van der Waals surface area contributed by atoms with E-state index in [1.807, 2.05) is 34.9 Å². The van der Waals surface area contributed by atoms with Crippen LogP contribution in [0.4, 0.5) is 0 Å². The Labute approximate surface area is 127 Å². The minimum atomic E-state index is 0.296. The fourth-order valence-corrected chi connectivity index (χ4v) is 2.37. The predicted octanol–water partition coefficient (Wildman–Crippen LogP) is 3.18. The van der Waals surface area contributed by atoms with Gasteiger partial charge in [-0.25, -0.2) is 4.98 Å². The molecular weight excluding hydrogens is 290 g/mol. The Bertz CT molecular complexity index is 768. The molecule has 0 aliphatic heterocycles. The molecule has 0 radical (unpaired) electrons. The van der Waals surface area contributed by atoms with E-state index in [1.165, 1.54) is 0 Å². The van der Waals surface area contributed by atoms with Crippen molar-refractivity contribution in [2.45, 2.75) is 5.88 Å². The van der Waals surface area contributed by atoms with Crippen molar-refractivity contribution < 1.29 is 9.47 Å². The highest BCUT2D eigenvalue weighted by molar-refractivity contribution is 6.16. The number of benzene rings is 1. The van der Waals surface area contributed by atoms with E-state index in [9.17, 15) is 0 Å². The zero-order valence-electron chi connectivity index (χ0n) is 11.7. The fourth-order valence-electron chi connectivity index (χ4n) is 2.19. The molecule has 0 aliphatic rings. The third kappa shape index (κ3) is 2.40. The number of fused-ring (bicyclic) bond motifs is 1. The lowest BCUT2D eigenvalue weighted by Gasteiger charge is -2.08. The summed E-state index contributed by atoms with van der Waals surface area (Å²) in [6.07, 6.45) is 0. The number of aromatic nitrogens is 3. The van der Waals surface area contributed by atoms with Gasteiger partial charge in [0, 0.05) is 11.8 Å². The fraction of sp³-hybridized carbons (Fsp3) is 0.200. The maximum absolute atomic E-state index is 6.02. The molecule has 5 nitrogen and oxygen atoms in total. The van der Waals surface area contributed by atoms with Crippen molar-refractivity contribution in [2.24, 2.45) is 0 Å². The Hall–Kier alpha value is -2.27. The summed E-state index contributed by atoms with van der Waals surface area (Å²) in [4.78, 5) is 8.98. The van der Waals surface area contributed by atoms with Gasteiger partial charge in [0.15, 0.2) is 5.65 Å². The Morgan fingerprint density at radius 2 is 1.76 bits per heavy atom. The topological polar surface area (TPSA) is 49.2 Å². The number of nitrogens with zero attached hydrogens (tertiary/aromatic N) is 3. The van der Waals surface area contributed by atoms with Gasteiger partial charge in [-0.15, -0.1) is 11.6 Å². The van der Waals surface area contributed by atoms with E-state index in [0.29, 0.717) is 11.8 Å². The van der Waals surface area contributed by atoms with Gasteiger partial charge in [-0.05, 0) is 30.3 Å². The summed E-state index contributed by atoms with van der Waals surface area (Å²) >= 11 is 6.02. The van der Waals surface area contributed by atoms with Gasteiger partial charge in [0.2, 0.25) is 5.88 Å². The van der Waals surface area contributed by atoms with E-state index in [0.717, 1.165) is 28.4 Å². The first-order valence-electron chi connectivity index (χ1n) is 6.39. The summed E-state index contributed by atoms with van der Waals surface area (Å²) in [6, 6.07) is 11.3. The van der Waals surface area contributed by atoms with Gasteiger partial charge in [-0.3, -0.25) is 4.57 Å². The number of hydrogen-bond donors (Lipinski definition) is 0. The molecule has 3 aromatic rings. The molecule has 0 unspecified atom stereocenters. The van der Waals surface area contributed by atoms with Crippen LogP contribution in [0.3, 0.4) is 0 Å². The molecule has 0 amide bonds. The highest BCUT2D eigenvalue weighted by Crippen LogP contribution is 2.24. The minimum absolute atomic E-state index is 0.296. The lowest BCUT2D eigenvalue weighted by Crippen LogP contribution is -2.01. The lowest BCUT2D eigenvalue weighted by atomic mass is 10.3. The molecule has 1 aromatic carbocycles. The predicted molar refractivity (Wildman–Crippen MR) is 81.5 cm³/mol. The van der Waals surface area contributed by atoms with Crippen molar-refractivity contribution in [3.05, 3.63) is 42.2 Å². The van der Waals surface area contributed by atoms with Crippen LogP contribution in [0.5, 0.6) is 11.6 Å². The molecule has 2 heterocycles. The summed E-state index contributed by atoms with van der Waals surface area (Å²) in [5.41, 5.74) is 2.42. The quantitative estimate of drug-likeness (QED) is 0.695. The zero-order valence-corrected chi connectivity index (χ0v) is 12.5. The molecule has 0 N–H and O–H groups in total. The summed E-state index contributed by atoms with van der Waals surface area (Å²) in [7, 11) is 3.23.